The first-order valence-corrected chi connectivity index (χ1v) is 7.01. The molecule has 0 saturated heterocycles. The summed E-state index contributed by atoms with van der Waals surface area (Å²) in [5, 5.41) is 14.5. The van der Waals surface area contributed by atoms with Gasteiger partial charge in [0.2, 0.25) is 0 Å². The Morgan fingerprint density at radius 1 is 1.40 bits per heavy atom. The van der Waals surface area contributed by atoms with E-state index in [2.05, 4.69) is 5.10 Å². The zero-order chi connectivity index (χ0) is 14.7. The second-order valence-corrected chi connectivity index (χ2v) is 5.17. The van der Waals surface area contributed by atoms with E-state index in [1.54, 1.807) is 22.9 Å². The quantitative estimate of drug-likeness (QED) is 0.921. The molecule has 1 N–H and O–H groups in total. The smallest absolute Gasteiger partial charge is 0.126 e. The molecule has 0 saturated carbocycles. The molecule has 3 nitrogen and oxygen atoms in total. The maximum absolute atomic E-state index is 13.8. The predicted molar refractivity (Wildman–Crippen MR) is 77.5 cm³/mol. The number of hydrogen-bond acceptors (Lipinski definition) is 2. The fourth-order valence-electron chi connectivity index (χ4n) is 2.35. The number of rotatable bonds is 5. The van der Waals surface area contributed by atoms with Crippen molar-refractivity contribution in [2.75, 3.05) is 6.61 Å². The van der Waals surface area contributed by atoms with E-state index in [0.29, 0.717) is 17.0 Å². The minimum absolute atomic E-state index is 0.135. The molecular formula is C15H18ClFN2O. The first-order chi connectivity index (χ1) is 9.58. The van der Waals surface area contributed by atoms with Gasteiger partial charge in [-0.1, -0.05) is 36.7 Å². The fraction of sp³-hybridized carbons (Fsp3) is 0.400. The van der Waals surface area contributed by atoms with E-state index >= 15 is 0 Å². The zero-order valence-corrected chi connectivity index (χ0v) is 12.4. The third-order valence-corrected chi connectivity index (χ3v) is 3.94. The molecule has 20 heavy (non-hydrogen) atoms. The minimum atomic E-state index is -0.325. The van der Waals surface area contributed by atoms with Gasteiger partial charge in [-0.2, -0.15) is 5.10 Å². The molecule has 0 amide bonds. The van der Waals surface area contributed by atoms with Crippen molar-refractivity contribution in [1.29, 1.82) is 0 Å². The van der Waals surface area contributed by atoms with Gasteiger partial charge in [-0.05, 0) is 18.1 Å². The van der Waals surface area contributed by atoms with Gasteiger partial charge in [0.05, 0.1) is 23.0 Å². The predicted octanol–water partition coefficient (Wildman–Crippen LogP) is 3.09. The summed E-state index contributed by atoms with van der Waals surface area (Å²) in [5.74, 6) is -0.630. The minimum Gasteiger partial charge on any atom is -0.396 e. The van der Waals surface area contributed by atoms with E-state index in [-0.39, 0.29) is 18.3 Å². The molecule has 0 aliphatic rings. The first-order valence-electron chi connectivity index (χ1n) is 6.64. The number of benzene rings is 1. The molecule has 1 heterocycles. The van der Waals surface area contributed by atoms with Gasteiger partial charge in [0.15, 0.2) is 0 Å². The van der Waals surface area contributed by atoms with E-state index in [1.165, 1.54) is 6.07 Å². The van der Waals surface area contributed by atoms with Gasteiger partial charge in [0.25, 0.3) is 0 Å². The Labute approximate surface area is 123 Å². The lowest BCUT2D eigenvalue weighted by Crippen LogP contribution is -2.12. The van der Waals surface area contributed by atoms with Crippen LogP contribution in [0.25, 0.3) is 0 Å². The second kappa shape index (κ2) is 6.37. The summed E-state index contributed by atoms with van der Waals surface area (Å²) in [4.78, 5) is 0. The van der Waals surface area contributed by atoms with Crippen LogP contribution in [0.5, 0.6) is 0 Å². The number of aliphatic hydroxyl groups excluding tert-OH is 1. The topological polar surface area (TPSA) is 38.0 Å². The van der Waals surface area contributed by atoms with E-state index in [0.717, 1.165) is 17.8 Å². The lowest BCUT2D eigenvalue weighted by molar-refractivity contribution is 0.260. The highest BCUT2D eigenvalue weighted by atomic mass is 35.5. The van der Waals surface area contributed by atoms with Gasteiger partial charge in [-0.25, -0.2) is 4.39 Å². The summed E-state index contributed by atoms with van der Waals surface area (Å²) in [6.07, 6.45) is 1.20. The molecule has 1 atom stereocenters. The molecule has 0 aliphatic heterocycles. The molecule has 0 fully saturated rings. The van der Waals surface area contributed by atoms with Crippen LogP contribution in [0.4, 0.5) is 4.39 Å². The molecular weight excluding hydrogens is 279 g/mol. The standard InChI is InChI=1S/C15H18ClFN2O/c1-3-13-15(16)14(19(2)18-13)8-10(9-20)11-6-4-5-7-12(11)17/h4-7,10,20H,3,8-9H2,1-2H3. The van der Waals surface area contributed by atoms with E-state index in [1.807, 2.05) is 14.0 Å². The van der Waals surface area contributed by atoms with Crippen LogP contribution in [0, 0.1) is 5.82 Å². The van der Waals surface area contributed by atoms with Crippen molar-refractivity contribution in [2.45, 2.75) is 25.7 Å². The maximum atomic E-state index is 13.8. The number of aromatic nitrogens is 2. The van der Waals surface area contributed by atoms with Crippen molar-refractivity contribution < 1.29 is 9.50 Å². The summed E-state index contributed by atoms with van der Waals surface area (Å²) in [5.41, 5.74) is 2.16. The summed E-state index contributed by atoms with van der Waals surface area (Å²) in [6, 6.07) is 6.50. The molecule has 0 aliphatic carbocycles. The van der Waals surface area contributed by atoms with Crippen LogP contribution in [0.3, 0.4) is 0 Å². The van der Waals surface area contributed by atoms with Gasteiger partial charge in [-0.15, -0.1) is 0 Å². The van der Waals surface area contributed by atoms with Crippen molar-refractivity contribution in [3.05, 3.63) is 52.1 Å². The highest BCUT2D eigenvalue weighted by Crippen LogP contribution is 2.28. The summed E-state index contributed by atoms with van der Waals surface area (Å²) in [7, 11) is 1.82. The van der Waals surface area contributed by atoms with E-state index < -0.39 is 0 Å². The Bertz CT molecular complexity index is 598. The molecule has 0 radical (unpaired) electrons. The second-order valence-electron chi connectivity index (χ2n) is 4.79. The van der Waals surface area contributed by atoms with Crippen LogP contribution < -0.4 is 0 Å². The fourth-order valence-corrected chi connectivity index (χ4v) is 2.72. The van der Waals surface area contributed by atoms with Crippen molar-refractivity contribution in [3.8, 4) is 0 Å². The lowest BCUT2D eigenvalue weighted by atomic mass is 9.94. The highest BCUT2D eigenvalue weighted by Gasteiger charge is 2.20. The molecule has 5 heteroatoms. The molecule has 2 rings (SSSR count). The summed E-state index contributed by atoms with van der Waals surface area (Å²) < 4.78 is 15.5. The maximum Gasteiger partial charge on any atom is 0.126 e. The monoisotopic (exact) mass is 296 g/mol. The Balaban J connectivity index is 2.32. The Kier molecular flexibility index (Phi) is 4.78. The van der Waals surface area contributed by atoms with Crippen molar-refractivity contribution >= 4 is 11.6 Å². The van der Waals surface area contributed by atoms with Gasteiger partial charge < -0.3 is 5.11 Å². The van der Waals surface area contributed by atoms with Gasteiger partial charge >= 0.3 is 0 Å². The molecule has 2 aromatic rings. The Hall–Kier alpha value is -1.39. The Morgan fingerprint density at radius 2 is 2.10 bits per heavy atom. The molecule has 1 unspecified atom stereocenters. The molecule has 108 valence electrons. The van der Waals surface area contributed by atoms with Gasteiger partial charge in [0.1, 0.15) is 5.82 Å². The SMILES string of the molecule is CCc1nn(C)c(CC(CO)c2ccccc2F)c1Cl. The van der Waals surface area contributed by atoms with Crippen LogP contribution >= 0.6 is 11.6 Å². The third-order valence-electron chi connectivity index (χ3n) is 3.51. The van der Waals surface area contributed by atoms with Crippen LogP contribution in [-0.2, 0) is 19.9 Å². The highest BCUT2D eigenvalue weighted by molar-refractivity contribution is 6.31. The van der Waals surface area contributed by atoms with Crippen molar-refractivity contribution in [1.82, 2.24) is 9.78 Å². The number of halogens is 2. The van der Waals surface area contributed by atoms with Crippen molar-refractivity contribution in [2.24, 2.45) is 7.05 Å². The van der Waals surface area contributed by atoms with E-state index in [9.17, 15) is 9.50 Å². The molecule has 0 spiro atoms. The number of nitrogens with zero attached hydrogens (tertiary/aromatic N) is 2. The largest absolute Gasteiger partial charge is 0.396 e. The average molecular weight is 297 g/mol. The van der Waals surface area contributed by atoms with Crippen LogP contribution in [0.1, 0.15) is 29.8 Å². The molecule has 1 aromatic heterocycles. The summed E-state index contributed by atoms with van der Waals surface area (Å²) in [6.45, 7) is 1.85. The van der Waals surface area contributed by atoms with Gasteiger partial charge in [-0.3, -0.25) is 4.68 Å². The number of hydrogen-bond donors (Lipinski definition) is 1. The summed E-state index contributed by atoms with van der Waals surface area (Å²) >= 11 is 6.30. The zero-order valence-electron chi connectivity index (χ0n) is 11.6. The average Bonchev–Trinajstić information content (AvgIpc) is 2.72. The first kappa shape index (κ1) is 15.0. The van der Waals surface area contributed by atoms with Crippen LogP contribution in [0.2, 0.25) is 5.02 Å². The molecule has 0 bridgehead atoms. The van der Waals surface area contributed by atoms with E-state index in [4.69, 9.17) is 11.6 Å². The Morgan fingerprint density at radius 3 is 2.65 bits per heavy atom. The van der Waals surface area contributed by atoms with Crippen LogP contribution in [0.15, 0.2) is 24.3 Å². The number of aryl methyl sites for hydroxylation is 2. The van der Waals surface area contributed by atoms with Gasteiger partial charge in [0, 0.05) is 19.4 Å². The van der Waals surface area contributed by atoms with Crippen LogP contribution in [-0.4, -0.2) is 21.5 Å². The number of aliphatic hydroxyl groups is 1. The molecule has 1 aromatic carbocycles. The third kappa shape index (κ3) is 2.86. The van der Waals surface area contributed by atoms with Crippen molar-refractivity contribution in [3.63, 3.8) is 0 Å². The lowest BCUT2D eigenvalue weighted by Gasteiger charge is -2.15. The normalized spacial score (nSPS) is 12.7.